The minimum Gasteiger partial charge on any atom is -0.387 e. The Hall–Kier alpha value is -3.45. The van der Waals surface area contributed by atoms with E-state index in [2.05, 4.69) is 20.9 Å². The minimum atomic E-state index is -4.39. The Labute approximate surface area is 219 Å². The second kappa shape index (κ2) is 10.5. The molecule has 0 saturated heterocycles. The Morgan fingerprint density at radius 1 is 1.05 bits per heavy atom. The van der Waals surface area contributed by atoms with Gasteiger partial charge in [0.1, 0.15) is 11.6 Å². The highest BCUT2D eigenvalue weighted by Crippen LogP contribution is 2.37. The number of pyridine rings is 2. The van der Waals surface area contributed by atoms with Crippen LogP contribution in [0.15, 0.2) is 45.4 Å². The largest absolute Gasteiger partial charge is 0.387 e. The first kappa shape index (κ1) is 26.6. The van der Waals surface area contributed by atoms with Crippen molar-refractivity contribution in [3.63, 3.8) is 0 Å². The molecule has 0 amide bonds. The summed E-state index contributed by atoms with van der Waals surface area (Å²) in [5, 5.41) is 10.0. The number of hydrogen-bond donors (Lipinski definition) is 4. The second-order valence-corrected chi connectivity index (χ2v) is 11.3. The first-order valence-electron chi connectivity index (χ1n) is 11.4. The maximum Gasteiger partial charge on any atom is 0.304 e. The zero-order chi connectivity index (χ0) is 26.9. The first-order valence-corrected chi connectivity index (χ1v) is 13.7. The lowest BCUT2D eigenvalue weighted by Crippen LogP contribution is -2.22. The molecule has 0 unspecified atom stereocenters. The molecule has 196 valence electrons. The van der Waals surface area contributed by atoms with Crippen LogP contribution in [0.5, 0.6) is 0 Å². The lowest BCUT2D eigenvalue weighted by atomic mass is 9.99. The van der Waals surface area contributed by atoms with Crippen molar-refractivity contribution in [1.29, 1.82) is 0 Å². The SMILES string of the molecule is CNc1cc2c(c(NC)cc(=O)n2Cc2ccc(-c3cc(C)sc3S(=O)(=O)O)c(COC)c2)c(NC)n1. The van der Waals surface area contributed by atoms with Gasteiger partial charge in [0, 0.05) is 50.8 Å². The predicted octanol–water partition coefficient (Wildman–Crippen LogP) is 4.00. The number of nitrogens with zero attached hydrogens (tertiary/aromatic N) is 2. The molecule has 0 bridgehead atoms. The van der Waals surface area contributed by atoms with Crippen molar-refractivity contribution in [2.75, 3.05) is 44.2 Å². The lowest BCUT2D eigenvalue weighted by molar-refractivity contribution is 0.185. The van der Waals surface area contributed by atoms with E-state index in [4.69, 9.17) is 4.74 Å². The molecule has 4 rings (SSSR count). The van der Waals surface area contributed by atoms with E-state index in [1.807, 2.05) is 18.2 Å². The molecule has 0 atom stereocenters. The highest BCUT2D eigenvalue weighted by molar-refractivity contribution is 7.88. The van der Waals surface area contributed by atoms with E-state index in [-0.39, 0.29) is 22.9 Å². The molecular formula is C25H29N5O5S2. The summed E-state index contributed by atoms with van der Waals surface area (Å²) in [5.74, 6) is 1.24. The Morgan fingerprint density at radius 3 is 2.43 bits per heavy atom. The molecule has 3 aromatic heterocycles. The van der Waals surface area contributed by atoms with Crippen LogP contribution in [0.25, 0.3) is 22.0 Å². The van der Waals surface area contributed by atoms with Gasteiger partial charge in [-0.05, 0) is 29.7 Å². The van der Waals surface area contributed by atoms with Crippen LogP contribution in [-0.2, 0) is 28.0 Å². The van der Waals surface area contributed by atoms with Crippen molar-refractivity contribution >= 4 is 49.7 Å². The molecule has 10 nitrogen and oxygen atoms in total. The van der Waals surface area contributed by atoms with Gasteiger partial charge in [0.15, 0.2) is 4.21 Å². The van der Waals surface area contributed by atoms with Crippen molar-refractivity contribution in [2.45, 2.75) is 24.3 Å². The molecule has 0 saturated carbocycles. The molecule has 1 aromatic carbocycles. The van der Waals surface area contributed by atoms with Gasteiger partial charge in [-0.15, -0.1) is 11.3 Å². The summed E-state index contributed by atoms with van der Waals surface area (Å²) in [6.07, 6.45) is 0. The van der Waals surface area contributed by atoms with Crippen LogP contribution >= 0.6 is 11.3 Å². The number of thiophene rings is 1. The summed E-state index contributed by atoms with van der Waals surface area (Å²) in [5.41, 5.74) is 3.80. The van der Waals surface area contributed by atoms with Gasteiger partial charge >= 0.3 is 10.1 Å². The third-order valence-corrected chi connectivity index (χ3v) is 8.43. The Kier molecular flexibility index (Phi) is 7.55. The zero-order valence-electron chi connectivity index (χ0n) is 21.2. The maximum absolute atomic E-state index is 13.2. The summed E-state index contributed by atoms with van der Waals surface area (Å²) in [4.78, 5) is 18.5. The van der Waals surface area contributed by atoms with E-state index in [1.54, 1.807) is 57.9 Å². The Bertz CT molecular complexity index is 1640. The molecular weight excluding hydrogens is 514 g/mol. The molecule has 0 aliphatic rings. The van der Waals surface area contributed by atoms with Crippen LogP contribution in [0.4, 0.5) is 17.3 Å². The lowest BCUT2D eigenvalue weighted by Gasteiger charge is -2.18. The minimum absolute atomic E-state index is 0.105. The van der Waals surface area contributed by atoms with E-state index >= 15 is 0 Å². The Morgan fingerprint density at radius 2 is 1.81 bits per heavy atom. The van der Waals surface area contributed by atoms with E-state index in [0.29, 0.717) is 34.0 Å². The maximum atomic E-state index is 13.2. The van der Waals surface area contributed by atoms with Crippen LogP contribution in [0, 0.1) is 6.92 Å². The standard InChI is InChI=1S/C25H29N5O5S2/c1-14-8-18(25(36-14)37(32,33)34)17-7-6-15(9-16(17)13-35-5)12-30-20-11-21(27-3)29-24(28-4)23(20)19(26-2)10-22(30)31/h6-11,26H,12-13H2,1-5H3,(H2,27,28,29)(H,32,33,34). The monoisotopic (exact) mass is 543 g/mol. The van der Waals surface area contributed by atoms with Crippen molar-refractivity contribution in [2.24, 2.45) is 0 Å². The molecule has 0 aliphatic heterocycles. The van der Waals surface area contributed by atoms with Crippen molar-refractivity contribution < 1.29 is 17.7 Å². The topological polar surface area (TPSA) is 135 Å². The third-order valence-electron chi connectivity index (χ3n) is 6.01. The molecule has 0 radical (unpaired) electrons. The van der Waals surface area contributed by atoms with Gasteiger partial charge in [-0.3, -0.25) is 9.35 Å². The number of hydrogen-bond acceptors (Lipinski definition) is 9. The van der Waals surface area contributed by atoms with Crippen molar-refractivity contribution in [1.82, 2.24) is 9.55 Å². The van der Waals surface area contributed by atoms with Gasteiger partial charge in [-0.25, -0.2) is 4.98 Å². The molecule has 12 heteroatoms. The highest BCUT2D eigenvalue weighted by Gasteiger charge is 2.22. The van der Waals surface area contributed by atoms with Crippen LogP contribution in [0.1, 0.15) is 16.0 Å². The smallest absolute Gasteiger partial charge is 0.304 e. The van der Waals surface area contributed by atoms with Gasteiger partial charge in [-0.1, -0.05) is 18.2 Å². The van der Waals surface area contributed by atoms with E-state index < -0.39 is 10.1 Å². The zero-order valence-corrected chi connectivity index (χ0v) is 22.8. The van der Waals surface area contributed by atoms with Gasteiger partial charge < -0.3 is 25.3 Å². The number of aromatic nitrogens is 2. The predicted molar refractivity (Wildman–Crippen MR) is 149 cm³/mol. The molecule has 0 aliphatic carbocycles. The average molecular weight is 544 g/mol. The first-order chi connectivity index (χ1) is 17.6. The number of methoxy groups -OCH3 is 1. The third kappa shape index (κ3) is 5.18. The highest BCUT2D eigenvalue weighted by atomic mass is 32.3. The number of ether oxygens (including phenoxy) is 1. The van der Waals surface area contributed by atoms with Crippen LogP contribution in [-0.4, -0.2) is 50.8 Å². The molecule has 0 spiro atoms. The quantitative estimate of drug-likeness (QED) is 0.231. The number of rotatable bonds is 9. The number of benzene rings is 1. The van der Waals surface area contributed by atoms with Gasteiger partial charge in [0.2, 0.25) is 0 Å². The Balaban J connectivity index is 1.89. The summed E-state index contributed by atoms with van der Waals surface area (Å²) in [7, 11) is 2.46. The van der Waals surface area contributed by atoms with Crippen LogP contribution < -0.4 is 21.5 Å². The molecule has 3 heterocycles. The number of aryl methyl sites for hydroxylation is 1. The van der Waals surface area contributed by atoms with Gasteiger partial charge in [-0.2, -0.15) is 8.42 Å². The fourth-order valence-electron chi connectivity index (χ4n) is 4.41. The number of anilines is 3. The van der Waals surface area contributed by atoms with Gasteiger partial charge in [0.05, 0.1) is 29.7 Å². The summed E-state index contributed by atoms with van der Waals surface area (Å²) in [6, 6.07) is 10.6. The number of fused-ring (bicyclic) bond motifs is 1. The van der Waals surface area contributed by atoms with Crippen molar-refractivity contribution in [3.05, 3.63) is 62.8 Å². The number of nitrogens with one attached hydrogen (secondary N) is 3. The van der Waals surface area contributed by atoms with Crippen molar-refractivity contribution in [3.8, 4) is 11.1 Å². The second-order valence-electron chi connectivity index (χ2n) is 8.44. The molecule has 37 heavy (non-hydrogen) atoms. The fraction of sp³-hybridized carbons (Fsp3) is 0.280. The van der Waals surface area contributed by atoms with E-state index in [1.165, 1.54) is 0 Å². The van der Waals surface area contributed by atoms with Crippen LogP contribution in [0.3, 0.4) is 0 Å². The van der Waals surface area contributed by atoms with E-state index in [0.717, 1.165) is 32.7 Å². The molecule has 4 N–H and O–H groups in total. The van der Waals surface area contributed by atoms with Crippen LogP contribution in [0.2, 0.25) is 0 Å². The average Bonchev–Trinajstić information content (AvgIpc) is 3.27. The summed E-state index contributed by atoms with van der Waals surface area (Å²) < 4.78 is 40.8. The summed E-state index contributed by atoms with van der Waals surface area (Å²) in [6.45, 7) is 2.27. The fourth-order valence-corrected chi connectivity index (χ4v) is 6.42. The normalized spacial score (nSPS) is 11.6. The molecule has 4 aromatic rings. The van der Waals surface area contributed by atoms with Gasteiger partial charge in [0.25, 0.3) is 5.56 Å². The van der Waals surface area contributed by atoms with E-state index in [9.17, 15) is 17.8 Å². The molecule has 0 fully saturated rings. The summed E-state index contributed by atoms with van der Waals surface area (Å²) >= 11 is 1.02.